The summed E-state index contributed by atoms with van der Waals surface area (Å²) < 4.78 is 9.83. The summed E-state index contributed by atoms with van der Waals surface area (Å²) in [7, 11) is 0. The van der Waals surface area contributed by atoms with Crippen LogP contribution in [0.4, 0.5) is 10.5 Å². The Labute approximate surface area is 275 Å². The number of hydrogen-bond acceptors (Lipinski definition) is 7. The van der Waals surface area contributed by atoms with E-state index < -0.39 is 17.7 Å². The number of aromatic carboxylic acids is 1. The van der Waals surface area contributed by atoms with Gasteiger partial charge in [0.05, 0.1) is 44.8 Å². The van der Waals surface area contributed by atoms with Gasteiger partial charge >= 0.3 is 12.1 Å². The van der Waals surface area contributed by atoms with Gasteiger partial charge in [-0.15, -0.1) is 0 Å². The molecule has 0 aliphatic rings. The van der Waals surface area contributed by atoms with Crippen LogP contribution in [-0.2, 0) is 4.74 Å². The lowest BCUT2D eigenvalue weighted by atomic mass is 10.1. The number of fused-ring (bicyclic) bond motifs is 2. The molecule has 0 aliphatic carbocycles. The first-order valence-corrected chi connectivity index (χ1v) is 15.4. The Morgan fingerprint density at radius 3 is 1.73 bits per heavy atom. The van der Waals surface area contributed by atoms with Crippen molar-refractivity contribution in [3.8, 4) is 11.4 Å². The third-order valence-electron chi connectivity index (χ3n) is 6.43. The van der Waals surface area contributed by atoms with Crippen LogP contribution in [0, 0.1) is 13.8 Å². The predicted octanol–water partition coefficient (Wildman–Crippen LogP) is 8.03. The predicted molar refractivity (Wildman–Crippen MR) is 179 cm³/mol. The molecule has 0 aliphatic heterocycles. The van der Waals surface area contributed by atoms with Crippen LogP contribution in [0.15, 0.2) is 82.0 Å². The first-order chi connectivity index (χ1) is 21.3. The van der Waals surface area contributed by atoms with Crippen LogP contribution >= 0.6 is 31.9 Å². The quantitative estimate of drug-likeness (QED) is 0.174. The lowest BCUT2D eigenvalue weighted by molar-refractivity contribution is 0.0634. The van der Waals surface area contributed by atoms with Gasteiger partial charge in [0, 0.05) is 0 Å². The van der Waals surface area contributed by atoms with E-state index >= 15 is 0 Å². The van der Waals surface area contributed by atoms with Crippen molar-refractivity contribution in [2.75, 3.05) is 5.32 Å². The molecule has 2 N–H and O–H groups in total. The van der Waals surface area contributed by atoms with E-state index in [9.17, 15) is 14.7 Å². The number of pyridine rings is 2. The van der Waals surface area contributed by atoms with Gasteiger partial charge < -0.3 is 9.84 Å². The number of nitrogens with one attached hydrogen (secondary N) is 1. The van der Waals surface area contributed by atoms with Crippen molar-refractivity contribution in [3.63, 3.8) is 0 Å². The maximum Gasteiger partial charge on any atom is 0.412 e. The highest BCUT2D eigenvalue weighted by Crippen LogP contribution is 2.31. The van der Waals surface area contributed by atoms with E-state index in [-0.39, 0.29) is 5.56 Å². The van der Waals surface area contributed by atoms with Crippen LogP contribution in [0.3, 0.4) is 0 Å². The number of aromatic nitrogens is 6. The zero-order valence-electron chi connectivity index (χ0n) is 25.0. The summed E-state index contributed by atoms with van der Waals surface area (Å²) in [5, 5.41) is 22.5. The number of carboxylic acids is 1. The fourth-order valence-corrected chi connectivity index (χ4v) is 5.49. The second-order valence-corrected chi connectivity index (χ2v) is 12.6. The molecule has 0 bridgehead atoms. The Morgan fingerprint density at radius 2 is 1.24 bits per heavy atom. The Kier molecular flexibility index (Phi) is 9.03. The smallest absolute Gasteiger partial charge is 0.412 e. The summed E-state index contributed by atoms with van der Waals surface area (Å²) in [6.45, 7) is 9.14. The van der Waals surface area contributed by atoms with Crippen LogP contribution in [0.5, 0.6) is 0 Å². The average molecular weight is 735 g/mol. The summed E-state index contributed by atoms with van der Waals surface area (Å²) in [4.78, 5) is 32.5. The number of hydrogen-bond donors (Lipinski definition) is 2. The van der Waals surface area contributed by atoms with Crippen molar-refractivity contribution < 1.29 is 19.4 Å². The van der Waals surface area contributed by atoms with Crippen LogP contribution in [0.2, 0.25) is 0 Å². The second kappa shape index (κ2) is 12.8. The topological polar surface area (TPSA) is 137 Å². The number of para-hydroxylation sites is 2. The Morgan fingerprint density at radius 1 is 0.778 bits per heavy atom. The van der Waals surface area contributed by atoms with Crippen molar-refractivity contribution in [3.05, 3.63) is 99.0 Å². The number of aryl methyl sites for hydroxylation is 2. The molecule has 230 valence electrons. The van der Waals surface area contributed by atoms with Gasteiger partial charge in [-0.2, -0.15) is 10.2 Å². The molecule has 0 fully saturated rings. The molecular weight excluding hydrogens is 706 g/mol. The number of benzene rings is 2. The standard InChI is InChI=1S/C18H19BrN4O2.C14H10BrN3O2/c1-11-15-13(20-17(24)25-18(2,3)4)10-14(19)21-16(15)23(22-11)12-8-6-5-7-9-12;1-8-12-10(14(19)20)7-11(15)16-13(12)18(17-8)9-5-3-2-4-6-9/h5-10H,1-4H3,(H,20,21,24);2-7H,1H3,(H,19,20). The second-order valence-electron chi connectivity index (χ2n) is 11.0. The van der Waals surface area contributed by atoms with Gasteiger partial charge in [0.2, 0.25) is 0 Å². The number of carbonyl (C=O) groups is 2. The number of anilines is 1. The van der Waals surface area contributed by atoms with Gasteiger partial charge in [-0.3, -0.25) is 5.32 Å². The molecule has 11 nitrogen and oxygen atoms in total. The normalized spacial score (nSPS) is 11.3. The summed E-state index contributed by atoms with van der Waals surface area (Å²) in [5.41, 5.74) is 4.56. The van der Waals surface area contributed by atoms with Crippen LogP contribution in [0.1, 0.15) is 42.5 Å². The van der Waals surface area contributed by atoms with Crippen molar-refractivity contribution in [1.82, 2.24) is 29.5 Å². The molecule has 2 aromatic carbocycles. The number of halogens is 2. The fraction of sp³-hybridized carbons (Fsp3) is 0.188. The number of nitrogens with zero attached hydrogens (tertiary/aromatic N) is 6. The highest BCUT2D eigenvalue weighted by Gasteiger charge is 2.21. The van der Waals surface area contributed by atoms with Crippen LogP contribution < -0.4 is 5.32 Å². The van der Waals surface area contributed by atoms with Gasteiger partial charge in [-0.25, -0.2) is 28.9 Å². The zero-order valence-corrected chi connectivity index (χ0v) is 28.2. The first-order valence-electron chi connectivity index (χ1n) is 13.8. The van der Waals surface area contributed by atoms with E-state index in [4.69, 9.17) is 4.74 Å². The minimum Gasteiger partial charge on any atom is -0.478 e. The SMILES string of the molecule is Cc1nn(-c2ccccc2)c2nc(Br)cc(C(=O)O)c12.Cc1nn(-c2ccccc2)c2nc(Br)cc(NC(=O)OC(C)(C)C)c12. The van der Waals surface area contributed by atoms with Crippen LogP contribution in [-0.4, -0.2) is 52.3 Å². The maximum atomic E-state index is 12.2. The molecule has 4 heterocycles. The lowest BCUT2D eigenvalue weighted by Crippen LogP contribution is -2.27. The van der Waals surface area contributed by atoms with E-state index in [1.54, 1.807) is 22.4 Å². The van der Waals surface area contributed by atoms with E-state index in [1.807, 2.05) is 88.4 Å². The van der Waals surface area contributed by atoms with E-state index in [1.165, 1.54) is 6.07 Å². The average Bonchev–Trinajstić information content (AvgIpc) is 3.49. The third-order valence-corrected chi connectivity index (χ3v) is 7.24. The summed E-state index contributed by atoms with van der Waals surface area (Å²) in [5.74, 6) is -0.992. The number of rotatable bonds is 4. The highest BCUT2D eigenvalue weighted by molar-refractivity contribution is 9.10. The molecule has 1 amide bonds. The number of amides is 1. The van der Waals surface area contributed by atoms with Crippen molar-refractivity contribution in [2.24, 2.45) is 0 Å². The van der Waals surface area contributed by atoms with Crippen molar-refractivity contribution in [1.29, 1.82) is 0 Å². The minimum absolute atomic E-state index is 0.196. The highest BCUT2D eigenvalue weighted by atomic mass is 79.9. The molecule has 6 aromatic rings. The van der Waals surface area contributed by atoms with E-state index in [0.717, 1.165) is 22.5 Å². The molecule has 0 spiro atoms. The summed E-state index contributed by atoms with van der Waals surface area (Å²) in [6.07, 6.45) is -0.515. The van der Waals surface area contributed by atoms with E-state index in [0.29, 0.717) is 37.3 Å². The van der Waals surface area contributed by atoms with Gasteiger partial charge in [0.25, 0.3) is 0 Å². The molecule has 13 heteroatoms. The Hall–Kier alpha value is -4.62. The first kappa shape index (κ1) is 31.8. The fourth-order valence-electron chi connectivity index (χ4n) is 4.70. The Balaban J connectivity index is 0.000000182. The summed E-state index contributed by atoms with van der Waals surface area (Å²) in [6, 6.07) is 22.5. The molecular formula is C32H29Br2N7O4. The largest absolute Gasteiger partial charge is 0.478 e. The molecule has 4 aromatic heterocycles. The number of carboxylic acid groups (broad SMARTS) is 1. The van der Waals surface area contributed by atoms with Gasteiger partial charge in [0.1, 0.15) is 14.8 Å². The molecule has 0 saturated carbocycles. The van der Waals surface area contributed by atoms with Crippen molar-refractivity contribution in [2.45, 2.75) is 40.2 Å². The third kappa shape index (κ3) is 7.04. The maximum absolute atomic E-state index is 12.2. The molecule has 0 atom stereocenters. The molecule has 0 saturated heterocycles. The van der Waals surface area contributed by atoms with E-state index in [2.05, 4.69) is 57.3 Å². The molecule has 0 unspecified atom stereocenters. The van der Waals surface area contributed by atoms with Crippen LogP contribution in [0.25, 0.3) is 33.4 Å². The number of carbonyl (C=O) groups excluding carboxylic acids is 1. The minimum atomic E-state index is -0.992. The van der Waals surface area contributed by atoms with Gasteiger partial charge in [0.15, 0.2) is 11.3 Å². The zero-order chi connectivity index (χ0) is 32.5. The van der Waals surface area contributed by atoms with Crippen molar-refractivity contribution >= 4 is 71.7 Å². The molecule has 6 rings (SSSR count). The summed E-state index contributed by atoms with van der Waals surface area (Å²) >= 11 is 6.66. The molecule has 45 heavy (non-hydrogen) atoms. The van der Waals surface area contributed by atoms with Gasteiger partial charge in [-0.1, -0.05) is 36.4 Å². The number of ether oxygens (including phenoxy) is 1. The lowest BCUT2D eigenvalue weighted by Gasteiger charge is -2.20. The molecule has 0 radical (unpaired) electrons. The Bertz CT molecular complexity index is 2040. The monoisotopic (exact) mass is 733 g/mol. The van der Waals surface area contributed by atoms with Gasteiger partial charge in [-0.05, 0) is 103 Å².